The average Bonchev–Trinajstić information content (AvgIpc) is 2.25. The number of hydrogen-bond donors (Lipinski definition) is 1. The summed E-state index contributed by atoms with van der Waals surface area (Å²) in [6.45, 7) is 7.16. The zero-order valence-corrected chi connectivity index (χ0v) is 10.6. The predicted molar refractivity (Wildman–Crippen MR) is 67.5 cm³/mol. The molecule has 0 aliphatic carbocycles. The van der Waals surface area contributed by atoms with Gasteiger partial charge in [-0.3, -0.25) is 0 Å². The summed E-state index contributed by atoms with van der Waals surface area (Å²) in [5, 5.41) is 0. The Bertz CT molecular complexity index is 325. The van der Waals surface area contributed by atoms with Gasteiger partial charge < -0.3 is 10.6 Å². The number of nitrogens with zero attached hydrogens (tertiary/aromatic N) is 3. The third-order valence-corrected chi connectivity index (χ3v) is 2.78. The minimum absolute atomic E-state index is 0.243. The number of aromatic nitrogens is 2. The van der Waals surface area contributed by atoms with E-state index in [0.717, 1.165) is 24.6 Å². The van der Waals surface area contributed by atoms with Crippen LogP contribution in [-0.2, 0) is 0 Å². The monoisotopic (exact) mass is 222 g/mol. The first-order valence-corrected chi connectivity index (χ1v) is 5.77. The van der Waals surface area contributed by atoms with Gasteiger partial charge >= 0.3 is 0 Å². The van der Waals surface area contributed by atoms with E-state index in [4.69, 9.17) is 5.73 Å². The van der Waals surface area contributed by atoms with Gasteiger partial charge in [0.1, 0.15) is 0 Å². The summed E-state index contributed by atoms with van der Waals surface area (Å²) in [5.74, 6) is 1.29. The van der Waals surface area contributed by atoms with Crippen molar-refractivity contribution < 1.29 is 0 Å². The predicted octanol–water partition coefficient (Wildman–Crippen LogP) is 1.59. The molecule has 0 aromatic carbocycles. The van der Waals surface area contributed by atoms with Crippen molar-refractivity contribution >= 4 is 5.95 Å². The second-order valence-electron chi connectivity index (χ2n) is 4.62. The van der Waals surface area contributed by atoms with E-state index in [0.29, 0.717) is 5.92 Å². The van der Waals surface area contributed by atoms with Gasteiger partial charge in [-0.25, -0.2) is 9.97 Å². The summed E-state index contributed by atoms with van der Waals surface area (Å²) in [6.07, 6.45) is 2.75. The Balaban J connectivity index is 2.49. The lowest BCUT2D eigenvalue weighted by atomic mass is 10.0. The van der Waals surface area contributed by atoms with Crippen LogP contribution >= 0.6 is 0 Å². The largest absolute Gasteiger partial charge is 0.344 e. The lowest BCUT2D eigenvalue weighted by Gasteiger charge is -2.21. The van der Waals surface area contributed by atoms with Crippen molar-refractivity contribution in [3.8, 4) is 0 Å². The number of hydrogen-bond acceptors (Lipinski definition) is 4. The van der Waals surface area contributed by atoms with Crippen LogP contribution in [0.2, 0.25) is 0 Å². The molecule has 0 radical (unpaired) electrons. The topological polar surface area (TPSA) is 55.0 Å². The molecule has 1 rings (SSSR count). The molecular weight excluding hydrogens is 200 g/mol. The van der Waals surface area contributed by atoms with Crippen LogP contribution in [0.1, 0.15) is 26.0 Å². The van der Waals surface area contributed by atoms with Gasteiger partial charge in [-0.05, 0) is 25.3 Å². The number of rotatable bonds is 5. The van der Waals surface area contributed by atoms with E-state index in [1.165, 1.54) is 0 Å². The standard InChI is InChI=1S/C12H22N4/c1-9(2)11(13)6-8-16(4)12-14-7-5-10(3)15-12/h5,7,9,11H,6,8,13H2,1-4H3. The molecule has 1 atom stereocenters. The molecule has 90 valence electrons. The first-order valence-electron chi connectivity index (χ1n) is 5.77. The molecular formula is C12H22N4. The Morgan fingerprint density at radius 2 is 2.12 bits per heavy atom. The van der Waals surface area contributed by atoms with Crippen molar-refractivity contribution in [2.45, 2.75) is 33.2 Å². The highest BCUT2D eigenvalue weighted by atomic mass is 15.2. The summed E-state index contributed by atoms with van der Waals surface area (Å²) >= 11 is 0. The molecule has 1 heterocycles. The van der Waals surface area contributed by atoms with Gasteiger partial charge in [-0.15, -0.1) is 0 Å². The summed E-state index contributed by atoms with van der Waals surface area (Å²) in [6, 6.07) is 2.14. The lowest BCUT2D eigenvalue weighted by Crippen LogP contribution is -2.32. The van der Waals surface area contributed by atoms with Gasteiger partial charge in [0.25, 0.3) is 0 Å². The molecule has 1 aromatic rings. The van der Waals surface area contributed by atoms with E-state index in [9.17, 15) is 0 Å². The fourth-order valence-electron chi connectivity index (χ4n) is 1.40. The Morgan fingerprint density at radius 3 is 2.69 bits per heavy atom. The molecule has 1 unspecified atom stereocenters. The molecule has 4 heteroatoms. The van der Waals surface area contributed by atoms with E-state index < -0.39 is 0 Å². The maximum Gasteiger partial charge on any atom is 0.225 e. The fourth-order valence-corrected chi connectivity index (χ4v) is 1.40. The van der Waals surface area contributed by atoms with Crippen LogP contribution in [0.3, 0.4) is 0 Å². The molecule has 0 bridgehead atoms. The quantitative estimate of drug-likeness (QED) is 0.822. The first kappa shape index (κ1) is 12.9. The van der Waals surface area contributed by atoms with Crippen molar-refractivity contribution in [1.29, 1.82) is 0 Å². The molecule has 2 N–H and O–H groups in total. The smallest absolute Gasteiger partial charge is 0.225 e. The van der Waals surface area contributed by atoms with Crippen molar-refractivity contribution in [3.63, 3.8) is 0 Å². The van der Waals surface area contributed by atoms with E-state index >= 15 is 0 Å². The van der Waals surface area contributed by atoms with Crippen LogP contribution in [0.5, 0.6) is 0 Å². The van der Waals surface area contributed by atoms with Gasteiger partial charge in [0, 0.05) is 31.5 Å². The molecule has 1 aromatic heterocycles. The average molecular weight is 222 g/mol. The maximum absolute atomic E-state index is 6.01. The minimum atomic E-state index is 0.243. The van der Waals surface area contributed by atoms with Crippen molar-refractivity contribution in [1.82, 2.24) is 9.97 Å². The summed E-state index contributed by atoms with van der Waals surface area (Å²) < 4.78 is 0. The Kier molecular flexibility index (Phi) is 4.68. The summed E-state index contributed by atoms with van der Waals surface area (Å²) in [7, 11) is 2.00. The van der Waals surface area contributed by atoms with E-state index in [2.05, 4.69) is 28.7 Å². The minimum Gasteiger partial charge on any atom is -0.344 e. The van der Waals surface area contributed by atoms with E-state index in [-0.39, 0.29) is 6.04 Å². The van der Waals surface area contributed by atoms with Gasteiger partial charge in [0.2, 0.25) is 5.95 Å². The zero-order valence-electron chi connectivity index (χ0n) is 10.6. The van der Waals surface area contributed by atoms with Crippen molar-refractivity contribution in [2.75, 3.05) is 18.5 Å². The Morgan fingerprint density at radius 1 is 1.44 bits per heavy atom. The highest BCUT2D eigenvalue weighted by Crippen LogP contribution is 2.08. The van der Waals surface area contributed by atoms with Crippen LogP contribution in [0.15, 0.2) is 12.3 Å². The SMILES string of the molecule is Cc1ccnc(N(C)CCC(N)C(C)C)n1. The second kappa shape index (κ2) is 5.80. The Hall–Kier alpha value is -1.16. The van der Waals surface area contributed by atoms with Gasteiger partial charge in [-0.1, -0.05) is 13.8 Å². The zero-order chi connectivity index (χ0) is 12.1. The normalized spacial score (nSPS) is 12.9. The highest BCUT2D eigenvalue weighted by Gasteiger charge is 2.10. The van der Waals surface area contributed by atoms with Crippen LogP contribution in [0.4, 0.5) is 5.95 Å². The number of aryl methyl sites for hydroxylation is 1. The number of anilines is 1. The van der Waals surface area contributed by atoms with Crippen molar-refractivity contribution in [2.24, 2.45) is 11.7 Å². The fraction of sp³-hybridized carbons (Fsp3) is 0.667. The molecule has 0 saturated heterocycles. The molecule has 16 heavy (non-hydrogen) atoms. The van der Waals surface area contributed by atoms with Gasteiger partial charge in [0.05, 0.1) is 0 Å². The van der Waals surface area contributed by atoms with Crippen LogP contribution in [-0.4, -0.2) is 29.6 Å². The van der Waals surface area contributed by atoms with E-state index in [1.54, 1.807) is 6.20 Å². The Labute approximate surface area is 97.9 Å². The third-order valence-electron chi connectivity index (χ3n) is 2.78. The number of nitrogens with two attached hydrogens (primary N) is 1. The lowest BCUT2D eigenvalue weighted by molar-refractivity contribution is 0.465. The molecule has 0 aliphatic heterocycles. The van der Waals surface area contributed by atoms with E-state index in [1.807, 2.05) is 20.0 Å². The third kappa shape index (κ3) is 3.77. The molecule has 0 saturated carbocycles. The van der Waals surface area contributed by atoms with Crippen molar-refractivity contribution in [3.05, 3.63) is 18.0 Å². The molecule has 4 nitrogen and oxygen atoms in total. The van der Waals surface area contributed by atoms with Gasteiger partial charge in [0.15, 0.2) is 0 Å². The molecule has 0 aliphatic rings. The van der Waals surface area contributed by atoms with Crippen LogP contribution in [0, 0.1) is 12.8 Å². The molecule has 0 spiro atoms. The molecule has 0 fully saturated rings. The maximum atomic E-state index is 6.01. The second-order valence-corrected chi connectivity index (χ2v) is 4.62. The first-order chi connectivity index (χ1) is 7.50. The summed E-state index contributed by atoms with van der Waals surface area (Å²) in [4.78, 5) is 10.7. The van der Waals surface area contributed by atoms with Crippen LogP contribution in [0.25, 0.3) is 0 Å². The van der Waals surface area contributed by atoms with Crippen LogP contribution < -0.4 is 10.6 Å². The molecule has 0 amide bonds. The summed E-state index contributed by atoms with van der Waals surface area (Å²) in [5.41, 5.74) is 7.00. The van der Waals surface area contributed by atoms with Gasteiger partial charge in [-0.2, -0.15) is 0 Å². The highest BCUT2D eigenvalue weighted by molar-refractivity contribution is 5.28.